The highest BCUT2D eigenvalue weighted by atomic mass is 16.2. The topological polar surface area (TPSA) is 20.3 Å². The molecule has 19 heavy (non-hydrogen) atoms. The van der Waals surface area contributed by atoms with E-state index in [2.05, 4.69) is 31.2 Å². The lowest BCUT2D eigenvalue weighted by Crippen LogP contribution is -2.38. The van der Waals surface area contributed by atoms with Gasteiger partial charge in [-0.1, -0.05) is 58.9 Å². The highest BCUT2D eigenvalue weighted by Crippen LogP contribution is 2.31. The lowest BCUT2D eigenvalue weighted by Gasteiger charge is -2.36. The summed E-state index contributed by atoms with van der Waals surface area (Å²) in [5, 5.41) is 0. The van der Waals surface area contributed by atoms with Crippen molar-refractivity contribution in [3.63, 3.8) is 0 Å². The van der Waals surface area contributed by atoms with E-state index >= 15 is 0 Å². The van der Waals surface area contributed by atoms with Gasteiger partial charge in [0.05, 0.1) is 6.04 Å². The second kappa shape index (κ2) is 9.60. The Hall–Kier alpha value is -1.31. The van der Waals surface area contributed by atoms with Crippen molar-refractivity contribution in [2.24, 2.45) is 0 Å². The van der Waals surface area contributed by atoms with Crippen molar-refractivity contribution in [2.75, 3.05) is 6.54 Å². The fourth-order valence-corrected chi connectivity index (χ4v) is 2.47. The van der Waals surface area contributed by atoms with Crippen LogP contribution in [-0.2, 0) is 11.2 Å². The van der Waals surface area contributed by atoms with Crippen LogP contribution < -0.4 is 0 Å². The maximum absolute atomic E-state index is 11.5. The number of benzene rings is 1. The van der Waals surface area contributed by atoms with E-state index in [9.17, 15) is 4.79 Å². The van der Waals surface area contributed by atoms with Gasteiger partial charge in [-0.2, -0.15) is 0 Å². The first-order chi connectivity index (χ1) is 9.24. The third-order valence-electron chi connectivity index (χ3n) is 3.20. The van der Waals surface area contributed by atoms with E-state index in [0.29, 0.717) is 0 Å². The predicted octanol–water partition coefficient (Wildman–Crippen LogP) is 4.59. The van der Waals surface area contributed by atoms with Gasteiger partial charge in [0.25, 0.3) is 0 Å². The zero-order valence-corrected chi connectivity index (χ0v) is 13.4. The van der Waals surface area contributed by atoms with E-state index in [1.807, 2.05) is 32.6 Å². The molecule has 1 aliphatic rings. The third-order valence-corrected chi connectivity index (χ3v) is 3.20. The minimum Gasteiger partial charge on any atom is -0.336 e. The minimum atomic E-state index is 0.191. The van der Waals surface area contributed by atoms with Crippen molar-refractivity contribution >= 4 is 5.91 Å². The molecule has 1 heterocycles. The van der Waals surface area contributed by atoms with Crippen molar-refractivity contribution < 1.29 is 4.79 Å². The summed E-state index contributed by atoms with van der Waals surface area (Å²) in [6.45, 7) is 12.7. The summed E-state index contributed by atoms with van der Waals surface area (Å²) in [4.78, 5) is 13.5. The SMILES string of the molecule is CC.CC.CCC1c2ccccc2CCN1C(C)=O. The zero-order chi connectivity index (χ0) is 14.8. The molecule has 0 saturated heterocycles. The average molecular weight is 263 g/mol. The molecule has 1 amide bonds. The molecule has 2 heteroatoms. The first-order valence-electron chi connectivity index (χ1n) is 7.59. The summed E-state index contributed by atoms with van der Waals surface area (Å²) in [6.07, 6.45) is 1.99. The summed E-state index contributed by atoms with van der Waals surface area (Å²) in [6, 6.07) is 8.75. The first kappa shape index (κ1) is 17.7. The van der Waals surface area contributed by atoms with E-state index in [1.165, 1.54) is 11.1 Å². The van der Waals surface area contributed by atoms with Gasteiger partial charge in [-0.3, -0.25) is 4.79 Å². The summed E-state index contributed by atoms with van der Waals surface area (Å²) in [5.41, 5.74) is 2.74. The molecule has 0 aliphatic carbocycles. The maximum atomic E-state index is 11.5. The third kappa shape index (κ3) is 4.38. The van der Waals surface area contributed by atoms with Gasteiger partial charge in [0, 0.05) is 13.5 Å². The van der Waals surface area contributed by atoms with Crippen molar-refractivity contribution in [1.29, 1.82) is 0 Å². The molecular weight excluding hydrogens is 234 g/mol. The molecule has 2 rings (SSSR count). The fraction of sp³-hybridized carbons (Fsp3) is 0.588. The lowest BCUT2D eigenvalue weighted by molar-refractivity contribution is -0.131. The number of amides is 1. The van der Waals surface area contributed by atoms with Crippen LogP contribution in [0, 0.1) is 0 Å². The van der Waals surface area contributed by atoms with Crippen LogP contribution in [0.2, 0.25) is 0 Å². The Balaban J connectivity index is 0.000000741. The second-order valence-electron chi connectivity index (χ2n) is 4.09. The Morgan fingerprint density at radius 1 is 1.21 bits per heavy atom. The van der Waals surface area contributed by atoms with E-state index in [-0.39, 0.29) is 11.9 Å². The number of nitrogens with zero attached hydrogens (tertiary/aromatic N) is 1. The van der Waals surface area contributed by atoms with Crippen LogP contribution in [0.4, 0.5) is 0 Å². The number of hydrogen-bond donors (Lipinski definition) is 0. The smallest absolute Gasteiger partial charge is 0.219 e. The molecule has 1 aromatic rings. The van der Waals surface area contributed by atoms with Gasteiger partial charge in [-0.15, -0.1) is 0 Å². The highest BCUT2D eigenvalue weighted by Gasteiger charge is 2.26. The van der Waals surface area contributed by atoms with Gasteiger partial charge in [0.1, 0.15) is 0 Å². The van der Waals surface area contributed by atoms with E-state index in [0.717, 1.165) is 19.4 Å². The number of carbonyl (C=O) groups excluding carboxylic acids is 1. The van der Waals surface area contributed by atoms with Gasteiger partial charge in [-0.05, 0) is 24.0 Å². The first-order valence-corrected chi connectivity index (χ1v) is 7.59. The Morgan fingerprint density at radius 2 is 1.79 bits per heavy atom. The van der Waals surface area contributed by atoms with Crippen LogP contribution in [0.3, 0.4) is 0 Å². The molecule has 1 atom stereocenters. The minimum absolute atomic E-state index is 0.191. The molecule has 0 N–H and O–H groups in total. The zero-order valence-electron chi connectivity index (χ0n) is 13.4. The summed E-state index contributed by atoms with van der Waals surface area (Å²) in [7, 11) is 0. The molecule has 1 unspecified atom stereocenters. The Labute approximate surface area is 118 Å². The molecular formula is C17H29NO. The van der Waals surface area contributed by atoms with Gasteiger partial charge in [-0.25, -0.2) is 0 Å². The van der Waals surface area contributed by atoms with E-state index in [1.54, 1.807) is 6.92 Å². The molecule has 0 saturated carbocycles. The molecule has 1 aliphatic heterocycles. The van der Waals surface area contributed by atoms with Crippen LogP contribution in [0.5, 0.6) is 0 Å². The van der Waals surface area contributed by atoms with E-state index in [4.69, 9.17) is 0 Å². The van der Waals surface area contributed by atoms with Gasteiger partial charge < -0.3 is 4.90 Å². The molecule has 0 radical (unpaired) electrons. The average Bonchev–Trinajstić information content (AvgIpc) is 2.49. The largest absolute Gasteiger partial charge is 0.336 e. The molecule has 0 aromatic heterocycles. The number of hydrogen-bond acceptors (Lipinski definition) is 1. The maximum Gasteiger partial charge on any atom is 0.219 e. The van der Waals surface area contributed by atoms with E-state index < -0.39 is 0 Å². The van der Waals surface area contributed by atoms with Crippen molar-refractivity contribution in [1.82, 2.24) is 4.90 Å². The summed E-state index contributed by atoms with van der Waals surface area (Å²) in [5.74, 6) is 0.191. The monoisotopic (exact) mass is 263 g/mol. The Bertz CT molecular complexity index is 373. The van der Waals surface area contributed by atoms with Crippen LogP contribution in [-0.4, -0.2) is 17.4 Å². The second-order valence-corrected chi connectivity index (χ2v) is 4.09. The number of rotatable bonds is 1. The van der Waals surface area contributed by atoms with Crippen molar-refractivity contribution in [2.45, 2.75) is 60.4 Å². The fourth-order valence-electron chi connectivity index (χ4n) is 2.47. The van der Waals surface area contributed by atoms with Crippen molar-refractivity contribution in [3.8, 4) is 0 Å². The predicted molar refractivity (Wildman–Crippen MR) is 83.3 cm³/mol. The lowest BCUT2D eigenvalue weighted by atomic mass is 9.91. The van der Waals surface area contributed by atoms with Gasteiger partial charge >= 0.3 is 0 Å². The number of carbonyl (C=O) groups is 1. The molecule has 0 fully saturated rings. The van der Waals surface area contributed by atoms with Crippen LogP contribution in [0.25, 0.3) is 0 Å². The number of fused-ring (bicyclic) bond motifs is 1. The molecule has 0 spiro atoms. The molecule has 2 nitrogen and oxygen atoms in total. The highest BCUT2D eigenvalue weighted by molar-refractivity contribution is 5.74. The van der Waals surface area contributed by atoms with Crippen LogP contribution in [0.1, 0.15) is 65.1 Å². The molecule has 1 aromatic carbocycles. The summed E-state index contributed by atoms with van der Waals surface area (Å²) >= 11 is 0. The van der Waals surface area contributed by atoms with Gasteiger partial charge in [0.2, 0.25) is 5.91 Å². The Morgan fingerprint density at radius 3 is 2.32 bits per heavy atom. The van der Waals surface area contributed by atoms with Gasteiger partial charge in [0.15, 0.2) is 0 Å². The summed E-state index contributed by atoms with van der Waals surface area (Å²) < 4.78 is 0. The van der Waals surface area contributed by atoms with Crippen LogP contribution in [0.15, 0.2) is 24.3 Å². The van der Waals surface area contributed by atoms with Crippen molar-refractivity contribution in [3.05, 3.63) is 35.4 Å². The molecule has 108 valence electrons. The quantitative estimate of drug-likeness (QED) is 0.725. The standard InChI is InChI=1S/C13H17NO.2C2H6/c1-3-13-12-7-5-4-6-11(12)8-9-14(13)10(2)15;2*1-2/h4-7,13H,3,8-9H2,1-2H3;2*1-2H3. The normalized spacial score (nSPS) is 16.3. The molecule has 0 bridgehead atoms. The Kier molecular flexibility index (Phi) is 8.94. The van der Waals surface area contributed by atoms with Crippen LogP contribution >= 0.6 is 0 Å².